The molecular weight excluding hydrogens is 429 g/mol. The summed E-state index contributed by atoms with van der Waals surface area (Å²) in [5, 5.41) is 0.240. The van der Waals surface area contributed by atoms with Gasteiger partial charge in [-0.3, -0.25) is 0 Å². The van der Waals surface area contributed by atoms with Gasteiger partial charge in [-0.1, -0.05) is 66.6 Å². The summed E-state index contributed by atoms with van der Waals surface area (Å²) in [6.07, 6.45) is 0. The van der Waals surface area contributed by atoms with Gasteiger partial charge in [0.05, 0.1) is 26.3 Å². The summed E-state index contributed by atoms with van der Waals surface area (Å²) in [6, 6.07) is 17.4. The van der Waals surface area contributed by atoms with Crippen LogP contribution in [0.15, 0.2) is 103 Å². The number of benzene rings is 5. The fourth-order valence-electron chi connectivity index (χ4n) is 5.37. The monoisotopic (exact) mass is 456 g/mol. The van der Waals surface area contributed by atoms with Crippen LogP contribution >= 0.6 is 0 Å². The predicted octanol–water partition coefficient (Wildman–Crippen LogP) is 5.82. The number of aromatic nitrogens is 1. The third kappa shape index (κ3) is 2.57. The van der Waals surface area contributed by atoms with Crippen molar-refractivity contribution < 1.29 is 19.1 Å². The molecule has 0 amide bonds. The minimum atomic E-state index is -0.437. The van der Waals surface area contributed by atoms with Gasteiger partial charge in [0.1, 0.15) is 23.0 Å². The second-order valence-corrected chi connectivity index (χ2v) is 8.85. The van der Waals surface area contributed by atoms with Crippen molar-refractivity contribution in [3.8, 4) is 28.7 Å². The van der Waals surface area contributed by atoms with Crippen molar-refractivity contribution in [3.63, 3.8) is 0 Å². The predicted molar refractivity (Wildman–Crippen MR) is 143 cm³/mol. The lowest BCUT2D eigenvalue weighted by Gasteiger charge is -2.33. The number of hydrogen-bond acceptors (Lipinski definition) is 2. The Morgan fingerprint density at radius 2 is 1.34 bits per heavy atom. The van der Waals surface area contributed by atoms with E-state index in [1.807, 2.05) is 48.5 Å². The van der Waals surface area contributed by atoms with E-state index in [9.17, 15) is 0 Å². The lowest BCUT2D eigenvalue weighted by atomic mass is 9.35. The fourth-order valence-corrected chi connectivity index (χ4v) is 5.37. The SMILES string of the molecule is [2H]c1c([2H])c([2H])c2c(c1[2H])c1c([2H])c([2H])c(C)c([2H])c1n2-c1cc2c3c(c1)Oc1ccccc1B3c1ccccc1O2. The fraction of sp³-hybridized carbons (Fsp3) is 0.0323. The van der Waals surface area contributed by atoms with Crippen LogP contribution in [0, 0.1) is 6.92 Å². The highest BCUT2D eigenvalue weighted by molar-refractivity contribution is 6.98. The Hall–Kier alpha value is -4.44. The Kier molecular flexibility index (Phi) is 2.61. The van der Waals surface area contributed by atoms with E-state index in [0.717, 1.165) is 16.4 Å². The molecule has 0 spiro atoms. The maximum Gasteiger partial charge on any atom is 0.260 e. The summed E-state index contributed by atoms with van der Waals surface area (Å²) in [5.41, 5.74) is 3.94. The topological polar surface area (TPSA) is 23.4 Å². The Balaban J connectivity index is 1.53. The smallest absolute Gasteiger partial charge is 0.260 e. The number of hydrogen-bond donors (Lipinski definition) is 0. The zero-order chi connectivity index (χ0) is 29.2. The van der Waals surface area contributed by atoms with Crippen molar-refractivity contribution in [2.24, 2.45) is 0 Å². The molecule has 0 fully saturated rings. The Bertz CT molecular complexity index is 2060. The van der Waals surface area contributed by atoms with Crippen LogP contribution in [0.2, 0.25) is 0 Å². The molecule has 2 aliphatic heterocycles. The van der Waals surface area contributed by atoms with E-state index in [2.05, 4.69) is 0 Å². The van der Waals surface area contributed by atoms with E-state index in [1.165, 1.54) is 0 Å². The molecule has 0 radical (unpaired) electrons. The lowest BCUT2D eigenvalue weighted by molar-refractivity contribution is 0.464. The average molecular weight is 456 g/mol. The van der Waals surface area contributed by atoms with Crippen LogP contribution in [0.5, 0.6) is 23.0 Å². The van der Waals surface area contributed by atoms with Gasteiger partial charge < -0.3 is 14.0 Å². The molecule has 0 atom stereocenters. The second-order valence-electron chi connectivity index (χ2n) is 8.85. The Morgan fingerprint density at radius 3 is 2.06 bits per heavy atom. The number of rotatable bonds is 1. The number of fused-ring (bicyclic) bond motifs is 7. The van der Waals surface area contributed by atoms with E-state index >= 15 is 0 Å². The molecule has 0 saturated heterocycles. The summed E-state index contributed by atoms with van der Waals surface area (Å²) in [5.74, 6) is 2.46. The third-order valence-electron chi connectivity index (χ3n) is 6.82. The van der Waals surface area contributed by atoms with Gasteiger partial charge in [0.15, 0.2) is 0 Å². The summed E-state index contributed by atoms with van der Waals surface area (Å²) < 4.78 is 75.2. The molecule has 2 aliphatic rings. The molecule has 0 saturated carbocycles. The normalized spacial score (nSPS) is 15.9. The maximum atomic E-state index is 9.02. The summed E-state index contributed by atoms with van der Waals surface area (Å²) in [7, 11) is 0. The average Bonchev–Trinajstić information content (AvgIpc) is 3.37. The van der Waals surface area contributed by atoms with Crippen LogP contribution in [0.3, 0.4) is 0 Å². The molecule has 1 aromatic heterocycles. The molecule has 6 aromatic rings. The first-order chi connectivity index (χ1) is 20.2. The van der Waals surface area contributed by atoms with E-state index in [-0.39, 0.29) is 64.3 Å². The summed E-state index contributed by atoms with van der Waals surface area (Å²) in [6.45, 7) is 1.45. The van der Waals surface area contributed by atoms with Crippen molar-refractivity contribution in [1.29, 1.82) is 0 Å². The highest BCUT2D eigenvalue weighted by Gasteiger charge is 2.40. The van der Waals surface area contributed by atoms with Crippen LogP contribution in [0.1, 0.15) is 15.2 Å². The van der Waals surface area contributed by atoms with E-state index < -0.39 is 12.1 Å². The molecule has 35 heavy (non-hydrogen) atoms. The molecule has 164 valence electrons. The lowest BCUT2D eigenvalue weighted by Crippen LogP contribution is -2.57. The molecule has 8 rings (SSSR count). The van der Waals surface area contributed by atoms with Gasteiger partial charge in [0, 0.05) is 28.4 Å². The zero-order valence-corrected chi connectivity index (χ0v) is 18.6. The maximum absolute atomic E-state index is 9.02. The molecule has 3 nitrogen and oxygen atoms in total. The first-order valence-electron chi connectivity index (χ1n) is 14.9. The molecule has 0 bridgehead atoms. The van der Waals surface area contributed by atoms with Crippen LogP contribution in [-0.4, -0.2) is 11.3 Å². The van der Waals surface area contributed by atoms with E-state index in [1.54, 1.807) is 23.6 Å². The number of nitrogens with zero attached hydrogens (tertiary/aromatic N) is 1. The van der Waals surface area contributed by atoms with Crippen molar-refractivity contribution in [3.05, 3.63) is 109 Å². The van der Waals surface area contributed by atoms with Crippen LogP contribution < -0.4 is 25.9 Å². The summed E-state index contributed by atoms with van der Waals surface area (Å²) >= 11 is 0. The zero-order valence-electron chi connectivity index (χ0n) is 25.6. The minimum absolute atomic E-state index is 0.0270. The van der Waals surface area contributed by atoms with Crippen LogP contribution in [0.25, 0.3) is 27.5 Å². The second kappa shape index (κ2) is 6.80. The molecular formula is C31H20BNO2. The van der Waals surface area contributed by atoms with Gasteiger partial charge >= 0.3 is 0 Å². The highest BCUT2D eigenvalue weighted by Crippen LogP contribution is 2.39. The third-order valence-corrected chi connectivity index (χ3v) is 6.82. The first kappa shape index (κ1) is 13.5. The van der Waals surface area contributed by atoms with Crippen LogP contribution in [-0.2, 0) is 0 Å². The molecule has 0 unspecified atom stereocenters. The standard InChI is InChI=1S/C31H20BNO2/c1-19-14-15-22-21-8-2-5-11-25(21)33(26(22)16-19)20-17-29-31-30(18-20)35-28-13-7-4-10-24(28)32(31)23-9-3-6-12-27(23)34-29/h2-18H,1H3/i2D,5D,8D,11D,14D,15D,16D. The molecule has 0 aliphatic carbocycles. The van der Waals surface area contributed by atoms with Gasteiger partial charge in [-0.25, -0.2) is 0 Å². The molecule has 4 heteroatoms. The van der Waals surface area contributed by atoms with Crippen molar-refractivity contribution >= 4 is 44.9 Å². The Morgan fingerprint density at radius 1 is 0.714 bits per heavy atom. The van der Waals surface area contributed by atoms with Gasteiger partial charge in [-0.05, 0) is 47.6 Å². The quantitative estimate of drug-likeness (QED) is 0.291. The van der Waals surface area contributed by atoms with Gasteiger partial charge in [0.2, 0.25) is 0 Å². The van der Waals surface area contributed by atoms with E-state index in [4.69, 9.17) is 19.1 Å². The molecule has 0 N–H and O–H groups in total. The number of ether oxygens (including phenoxy) is 2. The van der Waals surface area contributed by atoms with E-state index in [0.29, 0.717) is 28.7 Å². The Labute approximate surface area is 213 Å². The first-order valence-corrected chi connectivity index (χ1v) is 11.4. The van der Waals surface area contributed by atoms with Crippen molar-refractivity contribution in [2.45, 2.75) is 6.92 Å². The van der Waals surface area contributed by atoms with Gasteiger partial charge in [-0.15, -0.1) is 0 Å². The van der Waals surface area contributed by atoms with Crippen molar-refractivity contribution in [1.82, 2.24) is 4.57 Å². The molecule has 5 aromatic carbocycles. The summed E-state index contributed by atoms with van der Waals surface area (Å²) in [4.78, 5) is 0. The van der Waals surface area contributed by atoms with Crippen LogP contribution in [0.4, 0.5) is 0 Å². The molecule has 3 heterocycles. The number of para-hydroxylation sites is 3. The largest absolute Gasteiger partial charge is 0.458 e. The highest BCUT2D eigenvalue weighted by atomic mass is 16.5. The van der Waals surface area contributed by atoms with Gasteiger partial charge in [-0.2, -0.15) is 0 Å². The van der Waals surface area contributed by atoms with Gasteiger partial charge in [0.25, 0.3) is 6.71 Å². The van der Waals surface area contributed by atoms with Crippen molar-refractivity contribution in [2.75, 3.05) is 0 Å². The minimum Gasteiger partial charge on any atom is -0.458 e.